The second-order valence-corrected chi connectivity index (χ2v) is 6.53. The van der Waals surface area contributed by atoms with Crippen LogP contribution in [0.1, 0.15) is 22.8 Å². The molecule has 0 atom stereocenters. The summed E-state index contributed by atoms with van der Waals surface area (Å²) < 4.78 is 1.68. The molecule has 1 aliphatic heterocycles. The van der Waals surface area contributed by atoms with Gasteiger partial charge in [-0.15, -0.1) is 0 Å². The molecular weight excluding hydrogens is 325 g/mol. The van der Waals surface area contributed by atoms with Crippen LogP contribution in [0.25, 0.3) is 6.08 Å². The molecule has 0 bridgehead atoms. The molecule has 0 fully saturated rings. The van der Waals surface area contributed by atoms with Gasteiger partial charge in [-0.2, -0.15) is 0 Å². The quantitative estimate of drug-likeness (QED) is 0.639. The highest BCUT2D eigenvalue weighted by molar-refractivity contribution is 7.97. The van der Waals surface area contributed by atoms with Gasteiger partial charge in [0.15, 0.2) is 0 Å². The average molecular weight is 336 g/mol. The number of allylic oxidation sites excluding steroid dienone is 1. The van der Waals surface area contributed by atoms with Gasteiger partial charge in [0.25, 0.3) is 5.91 Å². The summed E-state index contributed by atoms with van der Waals surface area (Å²) >= 11 is 13.3. The number of carbonyl (C=O) groups excluding carboxylic acids is 1. The average Bonchev–Trinajstić information content (AvgIpc) is 2.46. The summed E-state index contributed by atoms with van der Waals surface area (Å²) in [6, 6.07) is 12.6. The van der Waals surface area contributed by atoms with Gasteiger partial charge in [0, 0.05) is 26.2 Å². The van der Waals surface area contributed by atoms with E-state index in [0.717, 1.165) is 16.2 Å². The maximum atomic E-state index is 12.6. The Kier molecular flexibility index (Phi) is 3.98. The SMILES string of the molecule is CC1=Cc2cc(Cl)ccc2SN1C(=O)c1ccc(Cl)cc1. The molecule has 5 heteroatoms. The summed E-state index contributed by atoms with van der Waals surface area (Å²) in [5, 5.41) is 1.31. The molecule has 0 saturated heterocycles. The van der Waals surface area contributed by atoms with Gasteiger partial charge in [-0.3, -0.25) is 4.79 Å². The van der Waals surface area contributed by atoms with Gasteiger partial charge in [0.05, 0.1) is 0 Å². The molecular formula is C16H11Cl2NOS. The van der Waals surface area contributed by atoms with Crippen molar-refractivity contribution in [2.45, 2.75) is 11.8 Å². The van der Waals surface area contributed by atoms with Crippen LogP contribution in [-0.4, -0.2) is 10.2 Å². The number of hydrogen-bond acceptors (Lipinski definition) is 2. The standard InChI is InChI=1S/C16H11Cl2NOS/c1-10-8-12-9-14(18)6-7-15(12)21-19(10)16(20)11-2-4-13(17)5-3-11/h2-9H,1H3. The zero-order valence-corrected chi connectivity index (χ0v) is 13.5. The Labute approximate surface area is 137 Å². The van der Waals surface area contributed by atoms with E-state index in [2.05, 4.69) is 0 Å². The number of benzene rings is 2. The molecule has 2 nitrogen and oxygen atoms in total. The van der Waals surface area contributed by atoms with Gasteiger partial charge >= 0.3 is 0 Å². The molecule has 1 heterocycles. The van der Waals surface area contributed by atoms with E-state index in [1.165, 1.54) is 11.9 Å². The molecule has 21 heavy (non-hydrogen) atoms. The van der Waals surface area contributed by atoms with Crippen molar-refractivity contribution in [3.8, 4) is 0 Å². The van der Waals surface area contributed by atoms with Crippen LogP contribution >= 0.6 is 35.1 Å². The summed E-state index contributed by atoms with van der Waals surface area (Å²) in [5.74, 6) is -0.0639. The monoisotopic (exact) mass is 335 g/mol. The van der Waals surface area contributed by atoms with Gasteiger partial charge in [-0.05, 0) is 73.0 Å². The first-order chi connectivity index (χ1) is 10.0. The molecule has 2 aromatic rings. The first-order valence-corrected chi connectivity index (χ1v) is 7.83. The molecule has 2 aromatic carbocycles. The van der Waals surface area contributed by atoms with Gasteiger partial charge in [0.2, 0.25) is 0 Å². The van der Waals surface area contributed by atoms with Gasteiger partial charge in [-0.1, -0.05) is 23.2 Å². The van der Waals surface area contributed by atoms with Crippen molar-refractivity contribution in [1.82, 2.24) is 4.31 Å². The van der Waals surface area contributed by atoms with Crippen LogP contribution < -0.4 is 0 Å². The van der Waals surface area contributed by atoms with Crippen LogP contribution in [0.2, 0.25) is 10.0 Å². The highest BCUT2D eigenvalue weighted by Gasteiger charge is 2.23. The smallest absolute Gasteiger partial charge is 0.268 e. The molecule has 0 radical (unpaired) electrons. The molecule has 0 unspecified atom stereocenters. The fourth-order valence-corrected chi connectivity index (χ4v) is 3.32. The molecule has 0 aliphatic carbocycles. The van der Waals surface area contributed by atoms with E-state index in [4.69, 9.17) is 23.2 Å². The number of rotatable bonds is 1. The largest absolute Gasteiger partial charge is 0.268 e. The maximum Gasteiger partial charge on any atom is 0.268 e. The zero-order valence-electron chi connectivity index (χ0n) is 11.1. The van der Waals surface area contributed by atoms with Crippen LogP contribution in [0, 0.1) is 0 Å². The summed E-state index contributed by atoms with van der Waals surface area (Å²) in [7, 11) is 0. The molecule has 0 aromatic heterocycles. The molecule has 1 aliphatic rings. The lowest BCUT2D eigenvalue weighted by Crippen LogP contribution is -2.24. The minimum atomic E-state index is -0.0639. The number of halogens is 2. The first-order valence-electron chi connectivity index (χ1n) is 6.30. The van der Waals surface area contributed by atoms with Gasteiger partial charge in [-0.25, -0.2) is 4.31 Å². The van der Waals surface area contributed by atoms with E-state index in [9.17, 15) is 4.79 Å². The van der Waals surface area contributed by atoms with Crippen molar-refractivity contribution in [1.29, 1.82) is 0 Å². The third-order valence-corrected chi connectivity index (χ3v) is 4.81. The van der Waals surface area contributed by atoms with Crippen LogP contribution in [0.3, 0.4) is 0 Å². The summed E-state index contributed by atoms with van der Waals surface area (Å²) in [6.45, 7) is 1.91. The Morgan fingerprint density at radius 2 is 1.71 bits per heavy atom. The van der Waals surface area contributed by atoms with E-state index in [1.807, 2.05) is 31.2 Å². The van der Waals surface area contributed by atoms with Crippen LogP contribution in [-0.2, 0) is 0 Å². The van der Waals surface area contributed by atoms with Crippen molar-refractivity contribution in [2.75, 3.05) is 0 Å². The Morgan fingerprint density at radius 1 is 1.05 bits per heavy atom. The number of fused-ring (bicyclic) bond motifs is 1. The highest BCUT2D eigenvalue weighted by atomic mass is 35.5. The van der Waals surface area contributed by atoms with Crippen LogP contribution in [0.15, 0.2) is 53.1 Å². The lowest BCUT2D eigenvalue weighted by atomic mass is 10.1. The minimum Gasteiger partial charge on any atom is -0.268 e. The predicted molar refractivity (Wildman–Crippen MR) is 88.6 cm³/mol. The summed E-state index contributed by atoms with van der Waals surface area (Å²) in [4.78, 5) is 13.6. The molecule has 0 N–H and O–H groups in total. The topological polar surface area (TPSA) is 20.3 Å². The van der Waals surface area contributed by atoms with Gasteiger partial charge in [0.1, 0.15) is 0 Å². The van der Waals surface area contributed by atoms with Crippen molar-refractivity contribution in [3.05, 3.63) is 69.3 Å². The third kappa shape index (κ3) is 2.95. The number of amides is 1. The Bertz CT molecular complexity index is 740. The molecule has 3 rings (SSSR count). The van der Waals surface area contributed by atoms with E-state index in [0.29, 0.717) is 15.6 Å². The first kappa shape index (κ1) is 14.5. The second-order valence-electron chi connectivity index (χ2n) is 4.67. The predicted octanol–water partition coefficient (Wildman–Crippen LogP) is 5.52. The summed E-state index contributed by atoms with van der Waals surface area (Å²) in [5.41, 5.74) is 2.51. The van der Waals surface area contributed by atoms with Crippen molar-refractivity contribution in [2.24, 2.45) is 0 Å². The van der Waals surface area contributed by atoms with E-state index in [1.54, 1.807) is 28.6 Å². The van der Waals surface area contributed by atoms with Crippen molar-refractivity contribution in [3.63, 3.8) is 0 Å². The lowest BCUT2D eigenvalue weighted by molar-refractivity contribution is 0.0898. The second kappa shape index (κ2) is 5.76. The number of hydrogen-bond donors (Lipinski definition) is 0. The minimum absolute atomic E-state index is 0.0639. The Morgan fingerprint density at radius 3 is 2.43 bits per heavy atom. The third-order valence-electron chi connectivity index (χ3n) is 3.12. The summed E-state index contributed by atoms with van der Waals surface area (Å²) in [6.07, 6.45) is 1.96. The Hall–Kier alpha value is -1.42. The number of carbonyl (C=O) groups is 1. The Balaban J connectivity index is 1.93. The number of nitrogens with zero attached hydrogens (tertiary/aromatic N) is 1. The fourth-order valence-electron chi connectivity index (χ4n) is 2.08. The molecule has 0 spiro atoms. The fraction of sp³-hybridized carbons (Fsp3) is 0.0625. The zero-order chi connectivity index (χ0) is 15.0. The van der Waals surface area contributed by atoms with Crippen molar-refractivity contribution >= 4 is 47.1 Å². The van der Waals surface area contributed by atoms with Crippen molar-refractivity contribution < 1.29 is 4.79 Å². The lowest BCUT2D eigenvalue weighted by Gasteiger charge is -2.26. The maximum absolute atomic E-state index is 12.6. The van der Waals surface area contributed by atoms with Crippen LogP contribution in [0.5, 0.6) is 0 Å². The van der Waals surface area contributed by atoms with E-state index >= 15 is 0 Å². The normalized spacial score (nSPS) is 13.7. The van der Waals surface area contributed by atoms with E-state index < -0.39 is 0 Å². The molecule has 1 amide bonds. The molecule has 106 valence electrons. The van der Waals surface area contributed by atoms with Gasteiger partial charge < -0.3 is 0 Å². The molecule has 0 saturated carbocycles. The highest BCUT2D eigenvalue weighted by Crippen LogP contribution is 2.38. The van der Waals surface area contributed by atoms with Crippen LogP contribution in [0.4, 0.5) is 0 Å². The van der Waals surface area contributed by atoms with E-state index in [-0.39, 0.29) is 5.91 Å².